The topological polar surface area (TPSA) is 69.6 Å². The Morgan fingerprint density at radius 1 is 1.38 bits per heavy atom. The maximum atomic E-state index is 13.0. The fourth-order valence-electron chi connectivity index (χ4n) is 3.01. The quantitative estimate of drug-likeness (QED) is 0.864. The Labute approximate surface area is 141 Å². The molecule has 0 bridgehead atoms. The van der Waals surface area contributed by atoms with Gasteiger partial charge in [0.1, 0.15) is 5.82 Å². The average molecular weight is 336 g/mol. The van der Waals surface area contributed by atoms with Crippen LogP contribution in [0.5, 0.6) is 0 Å². The summed E-state index contributed by atoms with van der Waals surface area (Å²) in [5.41, 5.74) is 0.552. The lowest BCUT2D eigenvalue weighted by Gasteiger charge is -2.33. The maximum absolute atomic E-state index is 13.0. The van der Waals surface area contributed by atoms with Gasteiger partial charge in [0.05, 0.1) is 18.1 Å². The third-order valence-electron chi connectivity index (χ3n) is 4.50. The van der Waals surface area contributed by atoms with Crippen molar-refractivity contribution < 1.29 is 19.1 Å². The molecule has 0 radical (unpaired) electrons. The summed E-state index contributed by atoms with van der Waals surface area (Å²) in [7, 11) is 0. The molecule has 1 saturated heterocycles. The SMILES string of the molecule is CCC(=O)N1CCCC(C(=O)NC(C)C(O)c2ccc(F)cc2)C1. The Morgan fingerprint density at radius 2 is 2.04 bits per heavy atom. The van der Waals surface area contributed by atoms with Gasteiger partial charge in [0.25, 0.3) is 0 Å². The summed E-state index contributed by atoms with van der Waals surface area (Å²) in [5.74, 6) is -0.716. The fraction of sp³-hybridized carbons (Fsp3) is 0.556. The number of halogens is 1. The molecule has 2 amide bonds. The number of hydrogen-bond donors (Lipinski definition) is 2. The molecule has 0 saturated carbocycles. The van der Waals surface area contributed by atoms with Crippen LogP contribution in [0, 0.1) is 11.7 Å². The molecule has 132 valence electrons. The van der Waals surface area contributed by atoms with Gasteiger partial charge in [-0.1, -0.05) is 19.1 Å². The van der Waals surface area contributed by atoms with Crippen molar-refractivity contribution in [3.63, 3.8) is 0 Å². The van der Waals surface area contributed by atoms with Crippen LogP contribution in [-0.4, -0.2) is 41.0 Å². The van der Waals surface area contributed by atoms with E-state index in [0.29, 0.717) is 25.1 Å². The van der Waals surface area contributed by atoms with Crippen molar-refractivity contribution in [2.24, 2.45) is 5.92 Å². The highest BCUT2D eigenvalue weighted by atomic mass is 19.1. The fourth-order valence-corrected chi connectivity index (χ4v) is 3.01. The van der Waals surface area contributed by atoms with Gasteiger partial charge >= 0.3 is 0 Å². The van der Waals surface area contributed by atoms with Crippen molar-refractivity contribution in [1.82, 2.24) is 10.2 Å². The molecule has 1 aliphatic heterocycles. The smallest absolute Gasteiger partial charge is 0.225 e. The lowest BCUT2D eigenvalue weighted by atomic mass is 9.95. The van der Waals surface area contributed by atoms with Gasteiger partial charge in [0.15, 0.2) is 0 Å². The van der Waals surface area contributed by atoms with Crippen LogP contribution in [0.4, 0.5) is 4.39 Å². The van der Waals surface area contributed by atoms with E-state index in [1.807, 2.05) is 6.92 Å². The Kier molecular flexibility index (Phi) is 6.31. The minimum atomic E-state index is -0.911. The van der Waals surface area contributed by atoms with E-state index < -0.39 is 12.1 Å². The summed E-state index contributed by atoms with van der Waals surface area (Å²) in [5, 5.41) is 13.1. The van der Waals surface area contributed by atoms with E-state index in [2.05, 4.69) is 5.32 Å². The molecule has 0 aliphatic carbocycles. The molecule has 0 spiro atoms. The van der Waals surface area contributed by atoms with E-state index in [4.69, 9.17) is 0 Å². The largest absolute Gasteiger partial charge is 0.386 e. The van der Waals surface area contributed by atoms with Gasteiger partial charge in [0.2, 0.25) is 11.8 Å². The summed E-state index contributed by atoms with van der Waals surface area (Å²) < 4.78 is 13.0. The normalized spacial score (nSPS) is 20.3. The van der Waals surface area contributed by atoms with Crippen LogP contribution in [0.2, 0.25) is 0 Å². The number of aliphatic hydroxyl groups is 1. The second kappa shape index (κ2) is 8.24. The molecule has 2 rings (SSSR count). The molecule has 1 heterocycles. The number of carbonyl (C=O) groups excluding carboxylic acids is 2. The third kappa shape index (κ3) is 4.54. The number of likely N-dealkylation sites (tertiary alicyclic amines) is 1. The zero-order valence-electron chi connectivity index (χ0n) is 14.2. The highest BCUT2D eigenvalue weighted by Crippen LogP contribution is 2.20. The molecule has 0 aromatic heterocycles. The summed E-state index contributed by atoms with van der Waals surface area (Å²) in [6.07, 6.45) is 1.07. The Hall–Kier alpha value is -1.95. The van der Waals surface area contributed by atoms with Gasteiger partial charge in [-0.2, -0.15) is 0 Å². The molecular weight excluding hydrogens is 311 g/mol. The predicted octanol–water partition coefficient (Wildman–Crippen LogP) is 2.01. The minimum absolute atomic E-state index is 0.0619. The number of amides is 2. The van der Waals surface area contributed by atoms with Crippen LogP contribution < -0.4 is 5.32 Å². The first-order chi connectivity index (χ1) is 11.4. The molecular formula is C18H25FN2O3. The molecule has 1 fully saturated rings. The van der Waals surface area contributed by atoms with E-state index in [1.54, 1.807) is 11.8 Å². The number of carbonyl (C=O) groups is 2. The van der Waals surface area contributed by atoms with Gasteiger partial charge in [-0.15, -0.1) is 0 Å². The number of rotatable bonds is 5. The number of nitrogens with one attached hydrogen (secondary N) is 1. The van der Waals surface area contributed by atoms with Crippen molar-refractivity contribution in [1.29, 1.82) is 0 Å². The highest BCUT2D eigenvalue weighted by Gasteiger charge is 2.29. The number of piperidine rings is 1. The lowest BCUT2D eigenvalue weighted by Crippen LogP contribution is -2.48. The monoisotopic (exact) mass is 336 g/mol. The molecule has 3 atom stereocenters. The molecule has 5 nitrogen and oxygen atoms in total. The highest BCUT2D eigenvalue weighted by molar-refractivity contribution is 5.81. The Bertz CT molecular complexity index is 576. The zero-order valence-corrected chi connectivity index (χ0v) is 14.2. The first-order valence-electron chi connectivity index (χ1n) is 8.44. The molecule has 24 heavy (non-hydrogen) atoms. The lowest BCUT2D eigenvalue weighted by molar-refractivity contribution is -0.135. The minimum Gasteiger partial charge on any atom is -0.386 e. The second-order valence-corrected chi connectivity index (χ2v) is 6.33. The van der Waals surface area contributed by atoms with E-state index in [0.717, 1.165) is 12.8 Å². The number of nitrogens with zero attached hydrogens (tertiary/aromatic N) is 1. The van der Waals surface area contributed by atoms with E-state index in [1.165, 1.54) is 24.3 Å². The molecule has 1 aromatic rings. The van der Waals surface area contributed by atoms with E-state index in [9.17, 15) is 19.1 Å². The van der Waals surface area contributed by atoms with Gasteiger partial charge in [-0.05, 0) is 37.5 Å². The standard InChI is InChI=1S/C18H25FN2O3/c1-3-16(22)21-10-4-5-14(11-21)18(24)20-12(2)17(23)13-6-8-15(19)9-7-13/h6-9,12,14,17,23H,3-5,10-11H2,1-2H3,(H,20,24). The van der Waals surface area contributed by atoms with Crippen LogP contribution >= 0.6 is 0 Å². The average Bonchev–Trinajstić information content (AvgIpc) is 2.61. The molecule has 6 heteroatoms. The van der Waals surface area contributed by atoms with Crippen LogP contribution in [0.3, 0.4) is 0 Å². The van der Waals surface area contributed by atoms with Crippen LogP contribution in [0.15, 0.2) is 24.3 Å². The summed E-state index contributed by atoms with van der Waals surface area (Å²) in [4.78, 5) is 26.0. The predicted molar refractivity (Wildman–Crippen MR) is 88.6 cm³/mol. The first-order valence-corrected chi connectivity index (χ1v) is 8.44. The Balaban J connectivity index is 1.93. The number of benzene rings is 1. The van der Waals surface area contributed by atoms with E-state index >= 15 is 0 Å². The summed E-state index contributed by atoms with van der Waals surface area (Å²) in [6, 6.07) is 5.07. The number of aliphatic hydroxyl groups excluding tert-OH is 1. The van der Waals surface area contributed by atoms with Gasteiger partial charge in [-0.25, -0.2) is 4.39 Å². The third-order valence-corrected chi connectivity index (χ3v) is 4.50. The van der Waals surface area contributed by atoms with E-state index in [-0.39, 0.29) is 23.5 Å². The van der Waals surface area contributed by atoms with Crippen molar-refractivity contribution >= 4 is 11.8 Å². The van der Waals surface area contributed by atoms with Gasteiger partial charge < -0.3 is 15.3 Å². The molecule has 1 aliphatic rings. The Morgan fingerprint density at radius 3 is 2.67 bits per heavy atom. The van der Waals surface area contributed by atoms with Gasteiger partial charge in [-0.3, -0.25) is 9.59 Å². The van der Waals surface area contributed by atoms with Crippen LogP contribution in [0.1, 0.15) is 44.8 Å². The second-order valence-electron chi connectivity index (χ2n) is 6.33. The molecule has 3 unspecified atom stereocenters. The molecule has 1 aromatic carbocycles. The van der Waals surface area contributed by atoms with Crippen LogP contribution in [0.25, 0.3) is 0 Å². The zero-order chi connectivity index (χ0) is 17.7. The van der Waals surface area contributed by atoms with Crippen LogP contribution in [-0.2, 0) is 9.59 Å². The van der Waals surface area contributed by atoms with Gasteiger partial charge in [0, 0.05) is 19.5 Å². The maximum Gasteiger partial charge on any atom is 0.225 e. The van der Waals surface area contributed by atoms with Crippen molar-refractivity contribution in [2.45, 2.75) is 45.3 Å². The van der Waals surface area contributed by atoms with Crippen molar-refractivity contribution in [2.75, 3.05) is 13.1 Å². The number of hydrogen-bond acceptors (Lipinski definition) is 3. The summed E-state index contributed by atoms with van der Waals surface area (Å²) >= 11 is 0. The van der Waals surface area contributed by atoms with Crippen molar-refractivity contribution in [3.8, 4) is 0 Å². The summed E-state index contributed by atoms with van der Waals surface area (Å²) in [6.45, 7) is 4.65. The molecule has 2 N–H and O–H groups in total. The van der Waals surface area contributed by atoms with Crippen molar-refractivity contribution in [3.05, 3.63) is 35.6 Å². The first kappa shape index (κ1) is 18.4.